The molecular formula is C15H19N7O. The molecule has 0 spiro atoms. The van der Waals surface area contributed by atoms with Crippen molar-refractivity contribution in [3.63, 3.8) is 0 Å². The van der Waals surface area contributed by atoms with Gasteiger partial charge >= 0.3 is 0 Å². The number of benzene rings is 1. The zero-order chi connectivity index (χ0) is 16.6. The molecule has 1 amide bonds. The number of nitrogens with one attached hydrogen (secondary N) is 1. The Kier molecular flexibility index (Phi) is 3.59. The van der Waals surface area contributed by atoms with Gasteiger partial charge in [-0.05, 0) is 28.6 Å². The molecule has 3 aromatic rings. The molecule has 0 saturated carbocycles. The van der Waals surface area contributed by atoms with E-state index in [2.05, 4.69) is 46.2 Å². The summed E-state index contributed by atoms with van der Waals surface area (Å²) in [7, 11) is 2.01. The van der Waals surface area contributed by atoms with Gasteiger partial charge in [-0.3, -0.25) is 4.79 Å². The first-order valence-corrected chi connectivity index (χ1v) is 7.32. The van der Waals surface area contributed by atoms with Gasteiger partial charge in [0.2, 0.25) is 5.91 Å². The molecule has 0 fully saturated rings. The van der Waals surface area contributed by atoms with Gasteiger partial charge in [-0.25, -0.2) is 9.67 Å². The van der Waals surface area contributed by atoms with Crippen LogP contribution in [0.2, 0.25) is 0 Å². The molecule has 0 atom stereocenters. The lowest BCUT2D eigenvalue weighted by atomic mass is 9.96. The minimum atomic E-state index is -0.191. The summed E-state index contributed by atoms with van der Waals surface area (Å²) in [6, 6.07) is 5.71. The van der Waals surface area contributed by atoms with Gasteiger partial charge in [-0.15, -0.1) is 5.10 Å². The van der Waals surface area contributed by atoms with Crippen LogP contribution in [-0.4, -0.2) is 35.7 Å². The van der Waals surface area contributed by atoms with Gasteiger partial charge in [-0.1, -0.05) is 20.8 Å². The quantitative estimate of drug-likeness (QED) is 0.791. The fourth-order valence-corrected chi connectivity index (χ4v) is 2.55. The summed E-state index contributed by atoms with van der Waals surface area (Å²) < 4.78 is 3.45. The number of imidazole rings is 1. The van der Waals surface area contributed by atoms with Crippen molar-refractivity contribution in [2.45, 2.75) is 32.7 Å². The molecular weight excluding hydrogens is 294 g/mol. The highest BCUT2D eigenvalue weighted by Gasteiger charge is 2.21. The van der Waals surface area contributed by atoms with Crippen LogP contribution in [-0.2, 0) is 23.8 Å². The monoisotopic (exact) mass is 313 g/mol. The summed E-state index contributed by atoms with van der Waals surface area (Å²) in [5, 5.41) is 13.5. The summed E-state index contributed by atoms with van der Waals surface area (Å²) in [5.74, 6) is 0.813. The van der Waals surface area contributed by atoms with Gasteiger partial charge in [-0.2, -0.15) is 0 Å². The topological polar surface area (TPSA) is 90.5 Å². The lowest BCUT2D eigenvalue weighted by molar-refractivity contribution is -0.116. The Morgan fingerprint density at radius 3 is 2.74 bits per heavy atom. The molecule has 0 radical (unpaired) electrons. The smallest absolute Gasteiger partial charge is 0.246 e. The lowest BCUT2D eigenvalue weighted by Crippen LogP contribution is -2.19. The molecule has 2 heterocycles. The number of fused-ring (bicyclic) bond motifs is 1. The summed E-state index contributed by atoms with van der Waals surface area (Å²) in [5.41, 5.74) is 2.55. The second-order valence-electron chi connectivity index (χ2n) is 6.50. The van der Waals surface area contributed by atoms with Crippen LogP contribution in [0.4, 0.5) is 5.69 Å². The van der Waals surface area contributed by atoms with E-state index in [-0.39, 0.29) is 17.9 Å². The second kappa shape index (κ2) is 5.45. The highest BCUT2D eigenvalue weighted by molar-refractivity contribution is 5.93. The molecule has 0 aliphatic carbocycles. The second-order valence-corrected chi connectivity index (χ2v) is 6.50. The summed E-state index contributed by atoms with van der Waals surface area (Å²) in [6.45, 7) is 6.45. The summed E-state index contributed by atoms with van der Waals surface area (Å²) in [6.07, 6.45) is 1.40. The molecule has 0 saturated heterocycles. The molecule has 23 heavy (non-hydrogen) atoms. The molecule has 2 aromatic heterocycles. The van der Waals surface area contributed by atoms with E-state index in [1.165, 1.54) is 11.0 Å². The number of tetrazole rings is 1. The van der Waals surface area contributed by atoms with Gasteiger partial charge in [0.1, 0.15) is 18.7 Å². The number of carbonyl (C=O) groups is 1. The highest BCUT2D eigenvalue weighted by Crippen LogP contribution is 2.26. The summed E-state index contributed by atoms with van der Waals surface area (Å²) >= 11 is 0. The maximum Gasteiger partial charge on any atom is 0.246 e. The van der Waals surface area contributed by atoms with Gasteiger partial charge in [0.15, 0.2) is 0 Å². The first-order chi connectivity index (χ1) is 10.8. The van der Waals surface area contributed by atoms with Crippen LogP contribution in [0.25, 0.3) is 11.0 Å². The zero-order valence-electron chi connectivity index (χ0n) is 13.6. The van der Waals surface area contributed by atoms with E-state index in [9.17, 15) is 4.79 Å². The molecule has 3 rings (SSSR count). The molecule has 8 nitrogen and oxygen atoms in total. The van der Waals surface area contributed by atoms with Crippen LogP contribution in [0.5, 0.6) is 0 Å². The highest BCUT2D eigenvalue weighted by atomic mass is 16.2. The third-order valence-electron chi connectivity index (χ3n) is 3.53. The van der Waals surface area contributed by atoms with E-state index in [1.54, 1.807) is 0 Å². The third kappa shape index (κ3) is 3.05. The van der Waals surface area contributed by atoms with Crippen molar-refractivity contribution in [3.8, 4) is 0 Å². The number of aromatic nitrogens is 6. The first-order valence-electron chi connectivity index (χ1n) is 7.32. The first kappa shape index (κ1) is 15.1. The van der Waals surface area contributed by atoms with Crippen LogP contribution >= 0.6 is 0 Å². The molecule has 0 aliphatic rings. The van der Waals surface area contributed by atoms with E-state index in [1.807, 2.05) is 25.2 Å². The number of anilines is 1. The molecule has 0 unspecified atom stereocenters. The minimum absolute atomic E-state index is 0.0444. The van der Waals surface area contributed by atoms with E-state index in [0.717, 1.165) is 16.9 Å². The fourth-order valence-electron chi connectivity index (χ4n) is 2.55. The van der Waals surface area contributed by atoms with E-state index < -0.39 is 0 Å². The molecule has 8 heteroatoms. The molecule has 1 aromatic carbocycles. The molecule has 0 bridgehead atoms. The normalized spacial score (nSPS) is 11.8. The van der Waals surface area contributed by atoms with Gasteiger partial charge < -0.3 is 9.88 Å². The van der Waals surface area contributed by atoms with Crippen molar-refractivity contribution in [1.29, 1.82) is 0 Å². The number of nitrogens with zero attached hydrogens (tertiary/aromatic N) is 6. The Morgan fingerprint density at radius 1 is 1.30 bits per heavy atom. The van der Waals surface area contributed by atoms with Crippen LogP contribution in [0.3, 0.4) is 0 Å². The van der Waals surface area contributed by atoms with E-state index in [0.29, 0.717) is 5.69 Å². The number of rotatable bonds is 3. The van der Waals surface area contributed by atoms with Crippen molar-refractivity contribution < 1.29 is 4.79 Å². The van der Waals surface area contributed by atoms with Crippen LogP contribution in [0, 0.1) is 0 Å². The third-order valence-corrected chi connectivity index (χ3v) is 3.53. The van der Waals surface area contributed by atoms with Crippen molar-refractivity contribution in [3.05, 3.63) is 30.4 Å². The van der Waals surface area contributed by atoms with Crippen LogP contribution < -0.4 is 5.32 Å². The summed E-state index contributed by atoms with van der Waals surface area (Å²) in [4.78, 5) is 16.7. The van der Waals surface area contributed by atoms with E-state index >= 15 is 0 Å². The fraction of sp³-hybridized carbons (Fsp3) is 0.400. The largest absolute Gasteiger partial charge is 0.331 e. The van der Waals surface area contributed by atoms with Gasteiger partial charge in [0.25, 0.3) is 0 Å². The van der Waals surface area contributed by atoms with Gasteiger partial charge in [0, 0.05) is 18.2 Å². The Balaban J connectivity index is 1.84. The number of carbonyl (C=O) groups excluding carboxylic acids is 1. The number of hydrogen-bond acceptors (Lipinski definition) is 5. The van der Waals surface area contributed by atoms with Crippen molar-refractivity contribution in [1.82, 2.24) is 29.8 Å². The average molecular weight is 313 g/mol. The predicted molar refractivity (Wildman–Crippen MR) is 85.9 cm³/mol. The SMILES string of the molecule is Cn1c(C(C)(C)C)nc2cc(NC(=O)Cn3cnnn3)ccc21. The maximum atomic E-state index is 12.0. The molecule has 0 aliphatic heterocycles. The Hall–Kier alpha value is -2.77. The number of aryl methyl sites for hydroxylation is 1. The Labute approximate surface area is 133 Å². The Bertz CT molecular complexity index is 843. The predicted octanol–water partition coefficient (Wildman–Crippen LogP) is 1.50. The average Bonchev–Trinajstić information content (AvgIpc) is 3.06. The standard InChI is InChI=1S/C15H19N7O/c1-15(2,3)14-18-11-7-10(5-6-12(11)21(14)4)17-13(23)8-22-9-16-19-20-22/h5-7,9H,8H2,1-4H3,(H,17,23). The molecule has 1 N–H and O–H groups in total. The van der Waals surface area contributed by atoms with Gasteiger partial charge in [0.05, 0.1) is 11.0 Å². The van der Waals surface area contributed by atoms with Crippen LogP contribution in [0.1, 0.15) is 26.6 Å². The van der Waals surface area contributed by atoms with Crippen molar-refractivity contribution in [2.24, 2.45) is 7.05 Å². The van der Waals surface area contributed by atoms with Crippen molar-refractivity contribution in [2.75, 3.05) is 5.32 Å². The lowest BCUT2D eigenvalue weighted by Gasteiger charge is -2.17. The number of hydrogen-bond donors (Lipinski definition) is 1. The number of amides is 1. The molecule has 120 valence electrons. The minimum Gasteiger partial charge on any atom is -0.331 e. The maximum absolute atomic E-state index is 12.0. The van der Waals surface area contributed by atoms with Crippen LogP contribution in [0.15, 0.2) is 24.5 Å². The van der Waals surface area contributed by atoms with E-state index in [4.69, 9.17) is 4.98 Å². The zero-order valence-corrected chi connectivity index (χ0v) is 13.6. The van der Waals surface area contributed by atoms with Crippen molar-refractivity contribution >= 4 is 22.6 Å². The Morgan fingerprint density at radius 2 is 2.09 bits per heavy atom.